The molecule has 1 saturated carbocycles. The van der Waals surface area contributed by atoms with Crippen molar-refractivity contribution in [2.45, 2.75) is 30.4 Å². The van der Waals surface area contributed by atoms with Gasteiger partial charge in [0.15, 0.2) is 0 Å². The lowest BCUT2D eigenvalue weighted by molar-refractivity contribution is -0.0217. The number of hydrogen-bond acceptors (Lipinski definition) is 2. The molecule has 4 rings (SSSR count). The summed E-state index contributed by atoms with van der Waals surface area (Å²) in [5, 5.41) is 13.3. The fraction of sp³-hybridized carbons (Fsp3) is 0.250. The summed E-state index contributed by atoms with van der Waals surface area (Å²) in [6, 6.07) is 15.3. The first kappa shape index (κ1) is 16.6. The van der Waals surface area contributed by atoms with E-state index in [1.54, 1.807) is 12.5 Å². The first-order chi connectivity index (χ1) is 12.0. The molecular weight excluding hydrogens is 355 g/mol. The van der Waals surface area contributed by atoms with Gasteiger partial charge >= 0.3 is 0 Å². The Morgan fingerprint density at radius 3 is 2.12 bits per heavy atom. The Labute approximate surface area is 156 Å². The van der Waals surface area contributed by atoms with Crippen molar-refractivity contribution < 1.29 is 5.11 Å². The molecule has 1 fully saturated rings. The van der Waals surface area contributed by atoms with Gasteiger partial charge in [0.05, 0.1) is 12.9 Å². The van der Waals surface area contributed by atoms with Gasteiger partial charge in [-0.05, 0) is 48.2 Å². The summed E-state index contributed by atoms with van der Waals surface area (Å²) in [5.74, 6) is 0. The lowest BCUT2D eigenvalue weighted by atomic mass is 9.74. The first-order valence-electron chi connectivity index (χ1n) is 8.24. The molecule has 5 heteroatoms. The minimum Gasteiger partial charge on any atom is -0.382 e. The van der Waals surface area contributed by atoms with Crippen LogP contribution in [-0.2, 0) is 17.6 Å². The van der Waals surface area contributed by atoms with Crippen LogP contribution in [0.5, 0.6) is 0 Å². The van der Waals surface area contributed by atoms with Gasteiger partial charge in [0, 0.05) is 27.9 Å². The quantitative estimate of drug-likeness (QED) is 0.697. The molecule has 0 spiro atoms. The van der Waals surface area contributed by atoms with Crippen molar-refractivity contribution in [1.29, 1.82) is 0 Å². The van der Waals surface area contributed by atoms with Crippen LogP contribution in [0.25, 0.3) is 0 Å². The molecule has 1 N–H and O–H groups in total. The Kier molecular flexibility index (Phi) is 4.11. The Morgan fingerprint density at radius 1 is 1.00 bits per heavy atom. The van der Waals surface area contributed by atoms with Gasteiger partial charge in [-0.2, -0.15) is 0 Å². The number of aliphatic hydroxyl groups is 1. The molecule has 0 saturated heterocycles. The van der Waals surface area contributed by atoms with Gasteiger partial charge in [-0.15, -0.1) is 0 Å². The van der Waals surface area contributed by atoms with E-state index in [1.807, 2.05) is 59.3 Å². The van der Waals surface area contributed by atoms with Crippen LogP contribution in [0.4, 0.5) is 0 Å². The zero-order valence-electron chi connectivity index (χ0n) is 13.6. The molecule has 0 bridgehead atoms. The van der Waals surface area contributed by atoms with Crippen LogP contribution in [0.1, 0.15) is 24.0 Å². The van der Waals surface area contributed by atoms with Gasteiger partial charge in [-0.1, -0.05) is 47.5 Å². The van der Waals surface area contributed by atoms with E-state index in [1.165, 1.54) is 0 Å². The zero-order valence-corrected chi connectivity index (χ0v) is 15.1. The van der Waals surface area contributed by atoms with Gasteiger partial charge in [0.25, 0.3) is 0 Å². The van der Waals surface area contributed by atoms with Crippen molar-refractivity contribution in [3.05, 3.63) is 88.4 Å². The normalized spacial score (nSPS) is 17.9. The van der Waals surface area contributed by atoms with E-state index in [0.29, 0.717) is 16.6 Å². The zero-order chi connectivity index (χ0) is 17.5. The summed E-state index contributed by atoms with van der Waals surface area (Å²) in [7, 11) is 0. The third-order valence-corrected chi connectivity index (χ3v) is 5.73. The molecule has 0 radical (unpaired) electrons. The molecule has 0 aliphatic heterocycles. The van der Waals surface area contributed by atoms with Crippen molar-refractivity contribution in [2.75, 3.05) is 0 Å². The van der Waals surface area contributed by atoms with E-state index in [2.05, 4.69) is 4.98 Å². The van der Waals surface area contributed by atoms with Crippen LogP contribution in [0.3, 0.4) is 0 Å². The van der Waals surface area contributed by atoms with Gasteiger partial charge in [0.1, 0.15) is 5.60 Å². The number of imidazole rings is 1. The molecule has 128 valence electrons. The van der Waals surface area contributed by atoms with Crippen LogP contribution in [0.2, 0.25) is 10.0 Å². The molecule has 1 aliphatic carbocycles. The lowest BCUT2D eigenvalue weighted by Crippen LogP contribution is -2.43. The minimum atomic E-state index is -1.06. The van der Waals surface area contributed by atoms with Crippen LogP contribution >= 0.6 is 23.2 Å². The molecule has 3 nitrogen and oxygen atoms in total. The van der Waals surface area contributed by atoms with E-state index in [0.717, 1.165) is 24.0 Å². The first-order valence-corrected chi connectivity index (χ1v) is 8.99. The maximum Gasteiger partial charge on any atom is 0.117 e. The number of rotatable bonds is 5. The number of nitrogens with zero attached hydrogens (tertiary/aromatic N) is 2. The summed E-state index contributed by atoms with van der Waals surface area (Å²) in [4.78, 5) is 4.11. The van der Waals surface area contributed by atoms with E-state index >= 15 is 0 Å². The molecule has 1 unspecified atom stereocenters. The SMILES string of the molecule is OC(Cn1ccnc1)(c1ccc(Cl)cc1)C1(c2ccc(Cl)cc2)CC1. The van der Waals surface area contributed by atoms with E-state index in [9.17, 15) is 5.11 Å². The second kappa shape index (κ2) is 6.17. The van der Waals surface area contributed by atoms with Gasteiger partial charge in [-0.25, -0.2) is 4.98 Å². The number of halogens is 2. The molecule has 3 aromatic rings. The summed E-state index contributed by atoms with van der Waals surface area (Å²) >= 11 is 12.1. The second-order valence-electron chi connectivity index (χ2n) is 6.69. The third kappa shape index (κ3) is 2.86. The highest BCUT2D eigenvalue weighted by Crippen LogP contribution is 2.60. The van der Waals surface area contributed by atoms with Crippen LogP contribution in [-0.4, -0.2) is 14.7 Å². The van der Waals surface area contributed by atoms with Gasteiger partial charge < -0.3 is 9.67 Å². The van der Waals surface area contributed by atoms with Crippen molar-refractivity contribution in [3.63, 3.8) is 0 Å². The minimum absolute atomic E-state index is 0.338. The van der Waals surface area contributed by atoms with Gasteiger partial charge in [0.2, 0.25) is 0 Å². The third-order valence-electron chi connectivity index (χ3n) is 5.23. The standard InChI is InChI=1S/C20H18Cl2N2O/c21-17-5-1-15(2-6-17)19(9-10-19)20(25,13-24-12-11-23-14-24)16-3-7-18(22)8-4-16/h1-8,11-12,14,25H,9-10,13H2. The number of hydrogen-bond donors (Lipinski definition) is 1. The number of aromatic nitrogens is 2. The highest BCUT2D eigenvalue weighted by atomic mass is 35.5. The summed E-state index contributed by atoms with van der Waals surface area (Å²) in [6.45, 7) is 0.428. The highest BCUT2D eigenvalue weighted by molar-refractivity contribution is 6.30. The maximum atomic E-state index is 11.9. The predicted molar refractivity (Wildman–Crippen MR) is 99.9 cm³/mol. The molecule has 1 aromatic heterocycles. The Morgan fingerprint density at radius 2 is 1.60 bits per heavy atom. The van der Waals surface area contributed by atoms with Crippen LogP contribution < -0.4 is 0 Å². The molecule has 0 amide bonds. The molecule has 2 aromatic carbocycles. The highest BCUT2D eigenvalue weighted by Gasteiger charge is 2.60. The van der Waals surface area contributed by atoms with E-state index in [4.69, 9.17) is 23.2 Å². The van der Waals surface area contributed by atoms with E-state index in [-0.39, 0.29) is 5.41 Å². The monoisotopic (exact) mass is 372 g/mol. The molecular formula is C20H18Cl2N2O. The molecule has 1 heterocycles. The van der Waals surface area contributed by atoms with Crippen LogP contribution in [0, 0.1) is 0 Å². The van der Waals surface area contributed by atoms with Gasteiger partial charge in [-0.3, -0.25) is 0 Å². The van der Waals surface area contributed by atoms with E-state index < -0.39 is 5.60 Å². The Bertz CT molecular complexity index is 856. The Balaban J connectivity index is 1.82. The van der Waals surface area contributed by atoms with Crippen molar-refractivity contribution >= 4 is 23.2 Å². The Hall–Kier alpha value is -1.81. The average Bonchev–Trinajstić information content (AvgIpc) is 3.28. The largest absolute Gasteiger partial charge is 0.382 e. The summed E-state index contributed by atoms with van der Waals surface area (Å²) < 4.78 is 1.92. The molecule has 1 atom stereocenters. The smallest absolute Gasteiger partial charge is 0.117 e. The molecule has 1 aliphatic rings. The maximum absolute atomic E-state index is 11.9. The van der Waals surface area contributed by atoms with Crippen LogP contribution in [0.15, 0.2) is 67.3 Å². The summed E-state index contributed by atoms with van der Waals surface area (Å²) in [6.07, 6.45) is 7.17. The lowest BCUT2D eigenvalue weighted by Gasteiger charge is -2.38. The average molecular weight is 373 g/mol. The van der Waals surface area contributed by atoms with Crippen molar-refractivity contribution in [3.8, 4) is 0 Å². The van der Waals surface area contributed by atoms with Crippen molar-refractivity contribution in [2.24, 2.45) is 0 Å². The predicted octanol–water partition coefficient (Wildman–Crippen LogP) is 4.81. The fourth-order valence-corrected chi connectivity index (χ4v) is 3.98. The molecule has 25 heavy (non-hydrogen) atoms. The fourth-order valence-electron chi connectivity index (χ4n) is 3.72. The second-order valence-corrected chi connectivity index (χ2v) is 7.56. The van der Waals surface area contributed by atoms with Crippen molar-refractivity contribution in [1.82, 2.24) is 9.55 Å². The topological polar surface area (TPSA) is 38.0 Å². The summed E-state index contributed by atoms with van der Waals surface area (Å²) in [5.41, 5.74) is 0.564. The number of benzene rings is 2.